The first-order chi connectivity index (χ1) is 34.5. The molecule has 13 rings (SSSR count). The van der Waals surface area contributed by atoms with E-state index in [1.807, 2.05) is 0 Å². The summed E-state index contributed by atoms with van der Waals surface area (Å²) in [5.74, 6) is 0. The molecule has 0 aliphatic carbocycles. The van der Waals surface area contributed by atoms with Crippen molar-refractivity contribution >= 4 is 78.8 Å². The Bertz CT molecular complexity index is 3800. The predicted molar refractivity (Wildman–Crippen MR) is 295 cm³/mol. The van der Waals surface area contributed by atoms with Crippen LogP contribution in [0.25, 0.3) is 54.9 Å². The van der Waals surface area contributed by atoms with Gasteiger partial charge in [0.05, 0.1) is 11.6 Å². The molecule has 0 amide bonds. The number of nitriles is 1. The molecule has 11 aromatic rings. The molecule has 0 fully saturated rings. The van der Waals surface area contributed by atoms with Crippen LogP contribution in [0.5, 0.6) is 0 Å². The lowest BCUT2D eigenvalue weighted by Crippen LogP contribution is -2.61. The number of para-hydroxylation sites is 3. The molecule has 0 N–H and O–H groups in total. The first kappa shape index (κ1) is 41.3. The van der Waals surface area contributed by atoms with Crippen molar-refractivity contribution in [1.82, 2.24) is 0 Å². The fourth-order valence-corrected chi connectivity index (χ4v) is 11.6. The number of nitrogens with zero attached hydrogens (tertiary/aromatic N) is 3. The van der Waals surface area contributed by atoms with Crippen LogP contribution >= 0.6 is 0 Å². The quantitative estimate of drug-likeness (QED) is 0.118. The molecule has 0 bridgehead atoms. The molecule has 0 atom stereocenters. The zero-order valence-electron chi connectivity index (χ0n) is 39.0. The van der Waals surface area contributed by atoms with Gasteiger partial charge in [-0.25, -0.2) is 0 Å². The second-order valence-electron chi connectivity index (χ2n) is 19.1. The van der Waals surface area contributed by atoms with E-state index in [-0.39, 0.29) is 12.1 Å². The van der Waals surface area contributed by atoms with Crippen molar-refractivity contribution in [2.45, 2.75) is 19.3 Å². The normalized spacial score (nSPS) is 12.6. The van der Waals surface area contributed by atoms with E-state index in [0.29, 0.717) is 5.56 Å². The van der Waals surface area contributed by atoms with Gasteiger partial charge in [-0.1, -0.05) is 190 Å². The van der Waals surface area contributed by atoms with Gasteiger partial charge in [0.25, 0.3) is 6.71 Å². The van der Waals surface area contributed by atoms with Gasteiger partial charge in [-0.05, 0) is 149 Å². The average Bonchev–Trinajstić information content (AvgIpc) is 3.42. The fraction of sp³-hybridized carbons (Fsp3) is 0.0455. The summed E-state index contributed by atoms with van der Waals surface area (Å²) in [5.41, 5.74) is 20.0. The van der Waals surface area contributed by atoms with Gasteiger partial charge < -0.3 is 9.80 Å². The largest absolute Gasteiger partial charge is 0.311 e. The summed E-state index contributed by atoms with van der Waals surface area (Å²) in [4.78, 5) is 4.93. The number of hydrogen-bond donors (Lipinski definition) is 0. The van der Waals surface area contributed by atoms with E-state index in [1.165, 1.54) is 49.4 Å². The zero-order valence-corrected chi connectivity index (χ0v) is 39.0. The lowest BCUT2D eigenvalue weighted by molar-refractivity contribution is 0.641. The summed E-state index contributed by atoms with van der Waals surface area (Å²) in [5, 5.41) is 15.6. The van der Waals surface area contributed by atoms with Gasteiger partial charge in [0, 0.05) is 39.5 Å². The van der Waals surface area contributed by atoms with Gasteiger partial charge >= 0.3 is 0 Å². The Labute approximate surface area is 409 Å². The van der Waals surface area contributed by atoms with Gasteiger partial charge in [0.2, 0.25) is 0 Å². The van der Waals surface area contributed by atoms with Crippen molar-refractivity contribution in [2.75, 3.05) is 9.80 Å². The Morgan fingerprint density at radius 2 is 0.829 bits per heavy atom. The fourth-order valence-electron chi connectivity index (χ4n) is 11.6. The van der Waals surface area contributed by atoms with E-state index in [9.17, 15) is 5.26 Å². The predicted octanol–water partition coefficient (Wildman–Crippen LogP) is 15.3. The van der Waals surface area contributed by atoms with Crippen LogP contribution < -0.4 is 26.2 Å². The number of rotatable bonds is 7. The van der Waals surface area contributed by atoms with Gasteiger partial charge in [0.1, 0.15) is 0 Å². The van der Waals surface area contributed by atoms with Crippen LogP contribution in [0, 0.1) is 11.3 Å². The molecule has 2 aliphatic heterocycles. The molecule has 70 heavy (non-hydrogen) atoms. The van der Waals surface area contributed by atoms with Crippen LogP contribution in [0.2, 0.25) is 0 Å². The summed E-state index contributed by atoms with van der Waals surface area (Å²) in [6, 6.07) is 90.6. The number of anilines is 6. The van der Waals surface area contributed by atoms with Gasteiger partial charge in [-0.3, -0.25) is 0 Å². The molecule has 0 spiro atoms. The van der Waals surface area contributed by atoms with Gasteiger partial charge in [-0.15, -0.1) is 0 Å². The van der Waals surface area contributed by atoms with E-state index in [0.717, 1.165) is 67.2 Å². The highest BCUT2D eigenvalue weighted by atomic mass is 15.2. The standard InChI is InChI=1S/C66H46BN3/c1-66(2,49-23-9-4-10-24-49)50-35-36-60-58(42-50)67-57-33-19-20-34-59(57)69(51-25-11-5-12-26-51)61-40-47(41-62(65(61)67)70(60)52-27-13-6-14-28-52)46-37-44(43-68)38-48(39-46)64-55-31-17-15-29-53(55)63(45-21-7-3-8-22-45)54-30-16-18-32-56(54)64/h3-42H,1-2H3. The summed E-state index contributed by atoms with van der Waals surface area (Å²) in [6.07, 6.45) is 0. The molecular formula is C66H46BN3. The number of benzene rings is 11. The van der Waals surface area contributed by atoms with E-state index < -0.39 is 0 Å². The summed E-state index contributed by atoms with van der Waals surface area (Å²) in [6.45, 7) is 4.62. The second kappa shape index (κ2) is 16.4. The van der Waals surface area contributed by atoms with Gasteiger partial charge in [-0.2, -0.15) is 5.26 Å². The average molecular weight is 892 g/mol. The highest BCUT2D eigenvalue weighted by Gasteiger charge is 2.44. The Balaban J connectivity index is 1.10. The first-order valence-electron chi connectivity index (χ1n) is 24.2. The molecule has 3 nitrogen and oxygen atoms in total. The molecular weight excluding hydrogens is 846 g/mol. The minimum atomic E-state index is -0.243. The Morgan fingerprint density at radius 1 is 0.371 bits per heavy atom. The molecule has 2 aliphatic rings. The van der Waals surface area contributed by atoms with Crippen LogP contribution in [0.15, 0.2) is 243 Å². The lowest BCUT2D eigenvalue weighted by atomic mass is 9.33. The van der Waals surface area contributed by atoms with Gasteiger partial charge in [0.15, 0.2) is 0 Å². The molecule has 11 aromatic carbocycles. The van der Waals surface area contributed by atoms with Crippen molar-refractivity contribution < 1.29 is 0 Å². The Kier molecular flexibility index (Phi) is 9.68. The van der Waals surface area contributed by atoms with Crippen LogP contribution in [-0.4, -0.2) is 6.71 Å². The van der Waals surface area contributed by atoms with E-state index in [2.05, 4.69) is 272 Å². The maximum Gasteiger partial charge on any atom is 0.252 e. The molecule has 0 unspecified atom stereocenters. The van der Waals surface area contributed by atoms with Crippen molar-refractivity contribution in [2.24, 2.45) is 0 Å². The van der Waals surface area contributed by atoms with E-state index in [1.54, 1.807) is 0 Å². The Morgan fingerprint density at radius 3 is 1.40 bits per heavy atom. The molecule has 0 saturated heterocycles. The smallest absolute Gasteiger partial charge is 0.252 e. The van der Waals surface area contributed by atoms with Crippen LogP contribution in [-0.2, 0) is 5.41 Å². The van der Waals surface area contributed by atoms with E-state index in [4.69, 9.17) is 0 Å². The molecule has 4 heteroatoms. The third-order valence-electron chi connectivity index (χ3n) is 14.9. The lowest BCUT2D eigenvalue weighted by Gasteiger charge is -2.45. The first-order valence-corrected chi connectivity index (χ1v) is 24.2. The minimum absolute atomic E-state index is 0.0569. The monoisotopic (exact) mass is 891 g/mol. The molecule has 0 aromatic heterocycles. The molecule has 0 saturated carbocycles. The number of hydrogen-bond acceptors (Lipinski definition) is 3. The van der Waals surface area contributed by atoms with Crippen LogP contribution in [0.1, 0.15) is 30.5 Å². The highest BCUT2D eigenvalue weighted by Crippen LogP contribution is 2.49. The second-order valence-corrected chi connectivity index (χ2v) is 19.1. The molecule has 328 valence electrons. The van der Waals surface area contributed by atoms with Crippen molar-refractivity contribution in [3.8, 4) is 39.4 Å². The third-order valence-corrected chi connectivity index (χ3v) is 14.9. The van der Waals surface area contributed by atoms with Crippen molar-refractivity contribution in [3.05, 3.63) is 259 Å². The SMILES string of the molecule is CC(C)(c1ccccc1)c1ccc2c(c1)B1c3ccccc3N(c3ccccc3)c3cc(-c4cc(C#N)cc(-c5c6ccccc6c(-c6ccccc6)c6ccccc56)c4)cc(c31)N2c1ccccc1. The van der Waals surface area contributed by atoms with Crippen LogP contribution in [0.3, 0.4) is 0 Å². The number of fused-ring (bicyclic) bond motifs is 6. The van der Waals surface area contributed by atoms with Crippen LogP contribution in [0.4, 0.5) is 34.1 Å². The summed E-state index contributed by atoms with van der Waals surface area (Å²) in [7, 11) is 0. The third kappa shape index (κ3) is 6.51. The van der Waals surface area contributed by atoms with Crippen molar-refractivity contribution in [1.29, 1.82) is 5.26 Å². The molecule has 0 radical (unpaired) electrons. The Hall–Kier alpha value is -8.91. The summed E-state index contributed by atoms with van der Waals surface area (Å²) >= 11 is 0. The van der Waals surface area contributed by atoms with Crippen molar-refractivity contribution in [3.63, 3.8) is 0 Å². The molecule has 2 heterocycles. The maximum atomic E-state index is 10.9. The maximum absolute atomic E-state index is 10.9. The summed E-state index contributed by atoms with van der Waals surface area (Å²) < 4.78 is 0. The minimum Gasteiger partial charge on any atom is -0.311 e. The zero-order chi connectivity index (χ0) is 46.9. The van der Waals surface area contributed by atoms with E-state index >= 15 is 0 Å². The highest BCUT2D eigenvalue weighted by molar-refractivity contribution is 7.00. The topological polar surface area (TPSA) is 30.3 Å².